The van der Waals surface area contributed by atoms with E-state index in [2.05, 4.69) is 5.11 Å². The average Bonchev–Trinajstić information content (AvgIpc) is 2.29. The van der Waals surface area contributed by atoms with Gasteiger partial charge in [-0.3, -0.25) is 0 Å². The molecule has 0 aromatic heterocycles. The molecule has 0 aliphatic rings. The second kappa shape index (κ2) is 5.17. The van der Waals surface area contributed by atoms with Crippen molar-refractivity contribution in [2.75, 3.05) is 0 Å². The zero-order valence-electron chi connectivity index (χ0n) is 8.68. The van der Waals surface area contributed by atoms with Crippen molar-refractivity contribution in [3.8, 4) is 0 Å². The van der Waals surface area contributed by atoms with E-state index >= 15 is 0 Å². The van der Waals surface area contributed by atoms with Gasteiger partial charge in [-0.1, -0.05) is 40.2 Å². The predicted octanol–water partition coefficient (Wildman–Crippen LogP) is 4.92. The largest absolute Gasteiger partial charge is 0.594 e. The average molecular weight is 267 g/mol. The number of hydrogen-bond donors (Lipinski definition) is 0. The van der Waals surface area contributed by atoms with Gasteiger partial charge in [-0.2, -0.15) is 0 Å². The van der Waals surface area contributed by atoms with Crippen LogP contribution in [0.4, 0.5) is 11.4 Å². The molecule has 0 saturated carbocycles. The molecule has 2 aromatic rings. The zero-order chi connectivity index (χ0) is 12.3. The Bertz CT molecular complexity index is 570. The van der Waals surface area contributed by atoms with Crippen LogP contribution in [-0.2, 0) is 0 Å². The lowest BCUT2D eigenvalue weighted by Crippen LogP contribution is -1.89. The van der Waals surface area contributed by atoms with Gasteiger partial charge in [0.15, 0.2) is 0 Å². The lowest BCUT2D eigenvalue weighted by molar-refractivity contribution is -0.435. The number of rotatable bonds is 2. The number of halogens is 2. The quantitative estimate of drug-likeness (QED) is 0.432. The van der Waals surface area contributed by atoms with E-state index in [9.17, 15) is 5.21 Å². The Hall–Kier alpha value is -1.58. The molecular weight excluding hydrogens is 259 g/mol. The van der Waals surface area contributed by atoms with Gasteiger partial charge in [0.25, 0.3) is 0 Å². The molecule has 0 heterocycles. The molecular formula is C12H8Cl2N2O. The van der Waals surface area contributed by atoms with Crippen LogP contribution in [0.3, 0.4) is 0 Å². The van der Waals surface area contributed by atoms with Crippen LogP contribution in [0.25, 0.3) is 0 Å². The van der Waals surface area contributed by atoms with Crippen molar-refractivity contribution >= 4 is 34.6 Å². The van der Waals surface area contributed by atoms with Gasteiger partial charge in [-0.05, 0) is 24.3 Å². The fourth-order valence-corrected chi connectivity index (χ4v) is 1.67. The van der Waals surface area contributed by atoms with E-state index in [1.807, 2.05) is 0 Å². The lowest BCUT2D eigenvalue weighted by Gasteiger charge is -2.00. The van der Waals surface area contributed by atoms with Crippen LogP contribution in [0.2, 0.25) is 10.0 Å². The monoisotopic (exact) mass is 266 g/mol. The van der Waals surface area contributed by atoms with E-state index in [0.29, 0.717) is 26.3 Å². The maximum atomic E-state index is 11.7. The first-order valence-electron chi connectivity index (χ1n) is 4.85. The van der Waals surface area contributed by atoms with Gasteiger partial charge in [0.05, 0.1) is 0 Å². The molecule has 0 atom stereocenters. The van der Waals surface area contributed by atoms with Crippen LogP contribution in [-0.4, -0.2) is 4.86 Å². The highest BCUT2D eigenvalue weighted by Crippen LogP contribution is 2.22. The molecule has 0 bridgehead atoms. The minimum Gasteiger partial charge on any atom is -0.594 e. The predicted molar refractivity (Wildman–Crippen MR) is 68.3 cm³/mol. The summed E-state index contributed by atoms with van der Waals surface area (Å²) in [6.07, 6.45) is 0. The number of hydrogen-bond acceptors (Lipinski definition) is 2. The van der Waals surface area contributed by atoms with Crippen molar-refractivity contribution in [1.29, 1.82) is 0 Å². The zero-order valence-corrected chi connectivity index (χ0v) is 10.2. The van der Waals surface area contributed by atoms with Gasteiger partial charge in [0.1, 0.15) is 5.69 Å². The molecule has 0 radical (unpaired) electrons. The summed E-state index contributed by atoms with van der Waals surface area (Å²) < 4.78 is 0. The molecule has 0 fully saturated rings. The molecule has 3 nitrogen and oxygen atoms in total. The summed E-state index contributed by atoms with van der Waals surface area (Å²) in [6.45, 7) is 0. The van der Waals surface area contributed by atoms with Crippen molar-refractivity contribution in [3.05, 3.63) is 63.8 Å². The van der Waals surface area contributed by atoms with Gasteiger partial charge in [-0.15, -0.1) is 0 Å². The summed E-state index contributed by atoms with van der Waals surface area (Å²) in [5, 5.41) is 16.6. The fraction of sp³-hybridized carbons (Fsp3) is 0. The Morgan fingerprint density at radius 1 is 0.941 bits per heavy atom. The first kappa shape index (κ1) is 11.9. The van der Waals surface area contributed by atoms with Crippen LogP contribution >= 0.6 is 23.2 Å². The van der Waals surface area contributed by atoms with Gasteiger partial charge in [0, 0.05) is 27.3 Å². The molecule has 5 heteroatoms. The van der Waals surface area contributed by atoms with Crippen molar-refractivity contribution < 1.29 is 4.86 Å². The Morgan fingerprint density at radius 3 is 2.24 bits per heavy atom. The molecule has 0 aliphatic carbocycles. The lowest BCUT2D eigenvalue weighted by atomic mass is 10.3. The van der Waals surface area contributed by atoms with Crippen LogP contribution in [0.1, 0.15) is 0 Å². The third-order valence-corrected chi connectivity index (χ3v) is 2.51. The van der Waals surface area contributed by atoms with Crippen molar-refractivity contribution in [2.45, 2.75) is 0 Å². The molecule has 2 aromatic carbocycles. The summed E-state index contributed by atoms with van der Waals surface area (Å²) in [4.78, 5) is 0.511. The molecule has 0 saturated heterocycles. The van der Waals surface area contributed by atoms with Crippen molar-refractivity contribution in [1.82, 2.24) is 0 Å². The van der Waals surface area contributed by atoms with Gasteiger partial charge < -0.3 is 5.21 Å². The Kier molecular flexibility index (Phi) is 3.61. The molecule has 0 amide bonds. The summed E-state index contributed by atoms with van der Waals surface area (Å²) in [7, 11) is 0. The Balaban J connectivity index is 2.34. The van der Waals surface area contributed by atoms with Crippen molar-refractivity contribution in [2.24, 2.45) is 5.11 Å². The Labute approximate surface area is 109 Å². The molecule has 86 valence electrons. The molecule has 0 unspecified atom stereocenters. The van der Waals surface area contributed by atoms with Gasteiger partial charge in [0.2, 0.25) is 5.69 Å². The maximum Gasteiger partial charge on any atom is 0.246 e. The molecule has 0 N–H and O–H groups in total. The van der Waals surface area contributed by atoms with E-state index < -0.39 is 0 Å². The van der Waals surface area contributed by atoms with Crippen LogP contribution < -0.4 is 0 Å². The summed E-state index contributed by atoms with van der Waals surface area (Å²) in [5.41, 5.74) is 0.866. The SMILES string of the molecule is [O-][N+](=Nc1cccc(Cl)c1)c1cccc(Cl)c1. The summed E-state index contributed by atoms with van der Waals surface area (Å²) in [5.74, 6) is 0. The molecule has 17 heavy (non-hydrogen) atoms. The Morgan fingerprint density at radius 2 is 1.59 bits per heavy atom. The maximum absolute atomic E-state index is 11.7. The highest BCUT2D eigenvalue weighted by atomic mass is 35.5. The number of nitrogens with zero attached hydrogens (tertiary/aromatic N) is 2. The first-order chi connectivity index (χ1) is 8.15. The summed E-state index contributed by atoms with van der Waals surface area (Å²) >= 11 is 11.6. The summed E-state index contributed by atoms with van der Waals surface area (Å²) in [6, 6.07) is 13.3. The first-order valence-corrected chi connectivity index (χ1v) is 5.61. The van der Waals surface area contributed by atoms with E-state index in [1.54, 1.807) is 48.5 Å². The second-order valence-electron chi connectivity index (χ2n) is 3.33. The van der Waals surface area contributed by atoms with Gasteiger partial charge in [-0.25, -0.2) is 0 Å². The normalized spacial score (nSPS) is 11.5. The molecule has 2 rings (SSSR count). The third kappa shape index (κ3) is 3.19. The highest BCUT2D eigenvalue weighted by molar-refractivity contribution is 6.31. The standard InChI is InChI=1S/C12H8Cl2N2O/c13-9-3-1-5-11(7-9)15-16(17)12-6-2-4-10(14)8-12/h1-8H. The second-order valence-corrected chi connectivity index (χ2v) is 4.21. The third-order valence-electron chi connectivity index (χ3n) is 2.04. The number of azo groups is 1. The van der Waals surface area contributed by atoms with Crippen LogP contribution in [0.5, 0.6) is 0 Å². The van der Waals surface area contributed by atoms with Gasteiger partial charge >= 0.3 is 0 Å². The molecule has 0 aliphatic heterocycles. The fourth-order valence-electron chi connectivity index (χ4n) is 1.30. The smallest absolute Gasteiger partial charge is 0.246 e. The van der Waals surface area contributed by atoms with E-state index in [-0.39, 0.29) is 0 Å². The topological polar surface area (TPSA) is 38.4 Å². The molecule has 0 spiro atoms. The van der Waals surface area contributed by atoms with E-state index in [0.717, 1.165) is 0 Å². The van der Waals surface area contributed by atoms with E-state index in [4.69, 9.17) is 23.2 Å². The van der Waals surface area contributed by atoms with Crippen LogP contribution in [0.15, 0.2) is 53.6 Å². The van der Waals surface area contributed by atoms with Crippen LogP contribution in [0, 0.1) is 5.21 Å². The number of benzene rings is 2. The van der Waals surface area contributed by atoms with E-state index in [1.165, 1.54) is 0 Å². The minimum absolute atomic E-state index is 0.373. The van der Waals surface area contributed by atoms with Crippen molar-refractivity contribution in [3.63, 3.8) is 0 Å². The highest BCUT2D eigenvalue weighted by Gasteiger charge is 2.04. The minimum atomic E-state index is 0.373.